The number of carbonyl (C=O) groups excluding carboxylic acids is 3. The minimum atomic E-state index is -1.45. The first kappa shape index (κ1) is 21.5. The van der Waals surface area contributed by atoms with E-state index in [1.165, 1.54) is 33.5 Å². The summed E-state index contributed by atoms with van der Waals surface area (Å²) in [6, 6.07) is 8.12. The van der Waals surface area contributed by atoms with Gasteiger partial charge in [-0.25, -0.2) is 9.69 Å². The van der Waals surface area contributed by atoms with Crippen LogP contribution in [0.2, 0.25) is 0 Å². The molecule has 4 amide bonds. The van der Waals surface area contributed by atoms with Gasteiger partial charge in [0.2, 0.25) is 11.7 Å². The van der Waals surface area contributed by atoms with Crippen molar-refractivity contribution in [1.82, 2.24) is 5.32 Å². The van der Waals surface area contributed by atoms with Crippen LogP contribution < -0.4 is 29.3 Å². The van der Waals surface area contributed by atoms with E-state index in [1.807, 2.05) is 37.1 Å². The molecule has 0 bridgehead atoms. The molecule has 2 aliphatic rings. The third-order valence-corrected chi connectivity index (χ3v) is 6.02. The van der Waals surface area contributed by atoms with Crippen molar-refractivity contribution >= 4 is 29.2 Å². The van der Waals surface area contributed by atoms with Crippen LogP contribution in [0.25, 0.3) is 0 Å². The number of carbonyl (C=O) groups is 3. The Bertz CT molecular complexity index is 1110. The van der Waals surface area contributed by atoms with Crippen LogP contribution in [0.3, 0.4) is 0 Å². The largest absolute Gasteiger partial charge is 0.493 e. The maximum Gasteiger partial charge on any atom is 0.335 e. The van der Waals surface area contributed by atoms with Crippen molar-refractivity contribution in [2.75, 3.05) is 44.7 Å². The third-order valence-electron chi connectivity index (χ3n) is 6.02. The van der Waals surface area contributed by atoms with Gasteiger partial charge in [0.1, 0.15) is 0 Å². The number of hydrogen-bond donors (Lipinski definition) is 1. The minimum absolute atomic E-state index is 0.141. The average Bonchev–Trinajstić information content (AvgIpc) is 2.76. The summed E-state index contributed by atoms with van der Waals surface area (Å²) in [7, 11) is 6.18. The molecular formula is C23H25N3O6. The van der Waals surface area contributed by atoms with Crippen molar-refractivity contribution in [3.05, 3.63) is 41.5 Å². The Morgan fingerprint density at radius 3 is 2.22 bits per heavy atom. The van der Waals surface area contributed by atoms with E-state index in [9.17, 15) is 14.4 Å². The Labute approximate surface area is 185 Å². The first-order chi connectivity index (χ1) is 15.2. The molecule has 1 atom stereocenters. The van der Waals surface area contributed by atoms with Gasteiger partial charge < -0.3 is 19.1 Å². The van der Waals surface area contributed by atoms with Gasteiger partial charge in [0.25, 0.3) is 5.91 Å². The minimum Gasteiger partial charge on any atom is -0.493 e. The van der Waals surface area contributed by atoms with Gasteiger partial charge in [-0.3, -0.25) is 14.9 Å². The molecule has 9 heteroatoms. The number of imide groups is 2. The lowest BCUT2D eigenvalue weighted by molar-refractivity contribution is -0.142. The van der Waals surface area contributed by atoms with Gasteiger partial charge in [0.15, 0.2) is 16.9 Å². The quantitative estimate of drug-likeness (QED) is 0.730. The number of amides is 4. The second kappa shape index (κ2) is 7.74. The molecule has 0 aliphatic carbocycles. The fraction of sp³-hybridized carbons (Fsp3) is 0.348. The Morgan fingerprint density at radius 2 is 1.62 bits per heavy atom. The second-order valence-corrected chi connectivity index (χ2v) is 8.03. The molecular weight excluding hydrogens is 414 g/mol. The van der Waals surface area contributed by atoms with Gasteiger partial charge in [-0.15, -0.1) is 0 Å². The lowest BCUT2D eigenvalue weighted by atomic mass is 9.74. The average molecular weight is 439 g/mol. The number of methoxy groups -OCH3 is 3. The third kappa shape index (κ3) is 3.12. The van der Waals surface area contributed by atoms with Gasteiger partial charge >= 0.3 is 6.03 Å². The monoisotopic (exact) mass is 439 g/mol. The Morgan fingerprint density at radius 1 is 0.969 bits per heavy atom. The highest BCUT2D eigenvalue weighted by Gasteiger charge is 2.56. The molecule has 0 aromatic heterocycles. The first-order valence-corrected chi connectivity index (χ1v) is 10.1. The summed E-state index contributed by atoms with van der Waals surface area (Å²) in [6.45, 7) is 2.10. The lowest BCUT2D eigenvalue weighted by Crippen LogP contribution is -2.68. The number of nitrogens with zero attached hydrogens (tertiary/aromatic N) is 2. The Kier molecular flexibility index (Phi) is 5.20. The number of fused-ring (bicyclic) bond motifs is 1. The van der Waals surface area contributed by atoms with Crippen LogP contribution in [0.1, 0.15) is 11.1 Å². The van der Waals surface area contributed by atoms with Crippen molar-refractivity contribution in [2.24, 2.45) is 5.41 Å². The summed E-state index contributed by atoms with van der Waals surface area (Å²) in [6.07, 6.45) is 0.188. The van der Waals surface area contributed by atoms with Crippen LogP contribution in [0.5, 0.6) is 17.2 Å². The molecule has 0 unspecified atom stereocenters. The smallest absolute Gasteiger partial charge is 0.335 e. The molecule has 32 heavy (non-hydrogen) atoms. The van der Waals surface area contributed by atoms with E-state index in [0.29, 0.717) is 5.75 Å². The zero-order valence-electron chi connectivity index (χ0n) is 18.6. The highest BCUT2D eigenvalue weighted by atomic mass is 16.5. The van der Waals surface area contributed by atoms with Gasteiger partial charge in [0.05, 0.1) is 27.0 Å². The maximum atomic E-state index is 13.8. The van der Waals surface area contributed by atoms with Crippen LogP contribution in [0.15, 0.2) is 30.3 Å². The number of anilines is 2. The van der Waals surface area contributed by atoms with Crippen LogP contribution in [-0.2, 0) is 16.0 Å². The number of barbiturate groups is 1. The number of urea groups is 1. The van der Waals surface area contributed by atoms with Crippen LogP contribution in [0.4, 0.5) is 16.2 Å². The Hall–Kier alpha value is -3.75. The van der Waals surface area contributed by atoms with Crippen LogP contribution in [-0.4, -0.2) is 52.8 Å². The first-order valence-electron chi connectivity index (χ1n) is 10.1. The number of rotatable bonds is 4. The van der Waals surface area contributed by atoms with E-state index >= 15 is 0 Å². The Balaban J connectivity index is 1.82. The highest BCUT2D eigenvalue weighted by Crippen LogP contribution is 2.44. The van der Waals surface area contributed by atoms with Crippen molar-refractivity contribution in [2.45, 2.75) is 13.3 Å². The number of ether oxygens (including phenoxy) is 3. The SMILES string of the molecule is COc1cc(N2C(=O)NC(=O)[C@@]3(Cc4cc(C)ccc4N(C)C3)C2=O)cc(OC)c1OC. The standard InChI is InChI=1S/C23H25N3O6/c1-13-6-7-16-14(8-13)11-23(12-25(16)2)20(27)24-22(29)26(21(23)28)15-9-17(30-3)19(32-5)18(10-15)31-4/h6-10H,11-12H2,1-5H3,(H,24,27,29)/t23-/m0/s1. The molecule has 4 rings (SSSR count). The molecule has 1 N–H and O–H groups in total. The number of aryl methyl sites for hydroxylation is 1. The summed E-state index contributed by atoms with van der Waals surface area (Å²) in [5.74, 6) is -0.295. The zero-order valence-corrected chi connectivity index (χ0v) is 18.6. The predicted octanol–water partition coefficient (Wildman–Crippen LogP) is 2.28. The van der Waals surface area contributed by atoms with Gasteiger partial charge in [0, 0.05) is 31.4 Å². The summed E-state index contributed by atoms with van der Waals surface area (Å²) < 4.78 is 16.1. The van der Waals surface area contributed by atoms with E-state index in [1.54, 1.807) is 0 Å². The lowest BCUT2D eigenvalue weighted by Gasteiger charge is -2.45. The molecule has 1 saturated heterocycles. The molecule has 2 aromatic rings. The van der Waals surface area contributed by atoms with E-state index in [2.05, 4.69) is 5.32 Å². The zero-order chi connectivity index (χ0) is 23.2. The number of benzene rings is 2. The number of hydrogen-bond acceptors (Lipinski definition) is 7. The maximum absolute atomic E-state index is 13.8. The summed E-state index contributed by atoms with van der Waals surface area (Å²) in [4.78, 5) is 42.6. The fourth-order valence-corrected chi connectivity index (χ4v) is 4.50. The summed E-state index contributed by atoms with van der Waals surface area (Å²) in [5, 5.41) is 2.38. The molecule has 168 valence electrons. The van der Waals surface area contributed by atoms with Gasteiger partial charge in [-0.1, -0.05) is 17.7 Å². The van der Waals surface area contributed by atoms with Crippen molar-refractivity contribution in [3.8, 4) is 17.2 Å². The molecule has 9 nitrogen and oxygen atoms in total. The van der Waals surface area contributed by atoms with E-state index in [0.717, 1.165) is 21.7 Å². The van der Waals surface area contributed by atoms with Gasteiger partial charge in [-0.2, -0.15) is 0 Å². The molecule has 2 heterocycles. The fourth-order valence-electron chi connectivity index (χ4n) is 4.50. The van der Waals surface area contributed by atoms with E-state index < -0.39 is 23.3 Å². The summed E-state index contributed by atoms with van der Waals surface area (Å²) in [5.41, 5.74) is 1.62. The summed E-state index contributed by atoms with van der Waals surface area (Å²) >= 11 is 0. The molecule has 2 aliphatic heterocycles. The number of nitrogens with one attached hydrogen (secondary N) is 1. The van der Waals surface area contributed by atoms with Crippen molar-refractivity contribution < 1.29 is 28.6 Å². The normalized spacial score (nSPS) is 20.2. The van der Waals surface area contributed by atoms with Crippen molar-refractivity contribution in [1.29, 1.82) is 0 Å². The molecule has 1 fully saturated rings. The van der Waals surface area contributed by atoms with Crippen LogP contribution in [0, 0.1) is 12.3 Å². The molecule has 2 aromatic carbocycles. The molecule has 1 spiro atoms. The van der Waals surface area contributed by atoms with Gasteiger partial charge in [-0.05, 0) is 25.0 Å². The van der Waals surface area contributed by atoms with E-state index in [4.69, 9.17) is 14.2 Å². The highest BCUT2D eigenvalue weighted by molar-refractivity contribution is 6.30. The van der Waals surface area contributed by atoms with Crippen LogP contribution >= 0.6 is 0 Å². The predicted molar refractivity (Wildman–Crippen MR) is 118 cm³/mol. The topological polar surface area (TPSA) is 97.4 Å². The van der Waals surface area contributed by atoms with E-state index in [-0.39, 0.29) is 30.2 Å². The molecule has 0 radical (unpaired) electrons. The second-order valence-electron chi connectivity index (χ2n) is 8.03. The molecule has 0 saturated carbocycles. The van der Waals surface area contributed by atoms with Crippen molar-refractivity contribution in [3.63, 3.8) is 0 Å².